The Morgan fingerprint density at radius 2 is 2.22 bits per heavy atom. The van der Waals surface area contributed by atoms with Crippen molar-refractivity contribution in [3.8, 4) is 5.75 Å². The van der Waals surface area contributed by atoms with E-state index >= 15 is 0 Å². The Kier molecular flexibility index (Phi) is 3.88. The molecule has 18 heavy (non-hydrogen) atoms. The van der Waals surface area contributed by atoms with Gasteiger partial charge in [-0.3, -0.25) is 0 Å². The van der Waals surface area contributed by atoms with Crippen molar-refractivity contribution in [2.75, 3.05) is 6.54 Å². The van der Waals surface area contributed by atoms with Crippen molar-refractivity contribution in [2.24, 2.45) is 5.73 Å². The van der Waals surface area contributed by atoms with Crippen LogP contribution in [0, 0.1) is 12.7 Å². The molecule has 0 saturated heterocycles. The molecule has 0 radical (unpaired) electrons. The molecule has 0 amide bonds. The molecule has 96 valence electrons. The van der Waals surface area contributed by atoms with Crippen molar-refractivity contribution in [3.05, 3.63) is 41.0 Å². The number of aromatic nitrogens is 2. The lowest BCUT2D eigenvalue weighted by Gasteiger charge is -2.07. The zero-order valence-electron chi connectivity index (χ0n) is 10.0. The normalized spacial score (nSPS) is 10.6. The fourth-order valence-corrected chi connectivity index (χ4v) is 1.51. The van der Waals surface area contributed by atoms with Gasteiger partial charge in [0.05, 0.1) is 0 Å². The summed E-state index contributed by atoms with van der Waals surface area (Å²) in [6, 6.07) is 4.80. The van der Waals surface area contributed by atoms with Gasteiger partial charge < -0.3 is 10.5 Å². The number of halogens is 1. The lowest BCUT2D eigenvalue weighted by Crippen LogP contribution is -2.04. The van der Waals surface area contributed by atoms with Crippen LogP contribution < -0.4 is 10.5 Å². The minimum Gasteiger partial charge on any atom is -0.484 e. The summed E-state index contributed by atoms with van der Waals surface area (Å²) in [6.45, 7) is 2.36. The SMILES string of the molecule is Cc1nonc1COc1ccc(CCN)cc1F. The van der Waals surface area contributed by atoms with Crippen LogP contribution in [-0.4, -0.2) is 16.9 Å². The number of nitrogens with zero attached hydrogens (tertiary/aromatic N) is 2. The summed E-state index contributed by atoms with van der Waals surface area (Å²) in [4.78, 5) is 0. The minimum atomic E-state index is -0.407. The summed E-state index contributed by atoms with van der Waals surface area (Å²) in [5, 5.41) is 7.27. The van der Waals surface area contributed by atoms with Crippen molar-refractivity contribution in [1.82, 2.24) is 10.3 Å². The number of nitrogens with two attached hydrogens (primary N) is 1. The molecule has 1 heterocycles. The van der Waals surface area contributed by atoms with E-state index in [0.717, 1.165) is 5.56 Å². The van der Waals surface area contributed by atoms with Gasteiger partial charge in [0.25, 0.3) is 0 Å². The second-order valence-electron chi connectivity index (χ2n) is 3.89. The van der Waals surface area contributed by atoms with Crippen LogP contribution in [0.1, 0.15) is 17.0 Å². The van der Waals surface area contributed by atoms with Gasteiger partial charge in [-0.15, -0.1) is 0 Å². The maximum atomic E-state index is 13.7. The van der Waals surface area contributed by atoms with Crippen LogP contribution in [0.3, 0.4) is 0 Å². The molecule has 0 unspecified atom stereocenters. The molecule has 2 aromatic rings. The largest absolute Gasteiger partial charge is 0.484 e. The van der Waals surface area contributed by atoms with Crippen LogP contribution in [0.15, 0.2) is 22.8 Å². The van der Waals surface area contributed by atoms with E-state index in [1.807, 2.05) is 0 Å². The number of rotatable bonds is 5. The van der Waals surface area contributed by atoms with Crippen LogP contribution in [0.25, 0.3) is 0 Å². The predicted octanol–water partition coefficient (Wildman–Crippen LogP) is 1.60. The molecule has 0 aliphatic heterocycles. The van der Waals surface area contributed by atoms with Gasteiger partial charge in [0, 0.05) is 0 Å². The Labute approximate surface area is 104 Å². The highest BCUT2D eigenvalue weighted by molar-refractivity contribution is 5.29. The van der Waals surface area contributed by atoms with Gasteiger partial charge in [-0.2, -0.15) is 0 Å². The van der Waals surface area contributed by atoms with E-state index in [0.29, 0.717) is 24.4 Å². The molecular formula is C12H14FN3O2. The lowest BCUT2D eigenvalue weighted by molar-refractivity contribution is 0.262. The summed E-state index contributed by atoms with van der Waals surface area (Å²) in [5.74, 6) is -0.228. The third-order valence-corrected chi connectivity index (χ3v) is 2.54. The second-order valence-corrected chi connectivity index (χ2v) is 3.89. The van der Waals surface area contributed by atoms with E-state index < -0.39 is 5.82 Å². The van der Waals surface area contributed by atoms with E-state index in [1.165, 1.54) is 6.07 Å². The predicted molar refractivity (Wildman–Crippen MR) is 62.5 cm³/mol. The second kappa shape index (κ2) is 5.59. The number of hydrogen-bond acceptors (Lipinski definition) is 5. The van der Waals surface area contributed by atoms with Crippen molar-refractivity contribution in [3.63, 3.8) is 0 Å². The van der Waals surface area contributed by atoms with Gasteiger partial charge in [-0.05, 0) is 37.6 Å². The first-order chi connectivity index (χ1) is 8.70. The van der Waals surface area contributed by atoms with Crippen LogP contribution >= 0.6 is 0 Å². The highest BCUT2D eigenvalue weighted by Crippen LogP contribution is 2.19. The van der Waals surface area contributed by atoms with Gasteiger partial charge in [-0.1, -0.05) is 16.4 Å². The van der Waals surface area contributed by atoms with Gasteiger partial charge in [0.15, 0.2) is 11.6 Å². The van der Waals surface area contributed by atoms with Crippen molar-refractivity contribution in [2.45, 2.75) is 20.0 Å². The lowest BCUT2D eigenvalue weighted by atomic mass is 10.1. The van der Waals surface area contributed by atoms with Crippen LogP contribution in [0.2, 0.25) is 0 Å². The van der Waals surface area contributed by atoms with E-state index in [2.05, 4.69) is 14.9 Å². The average molecular weight is 251 g/mol. The third-order valence-electron chi connectivity index (χ3n) is 2.54. The number of aryl methyl sites for hydroxylation is 1. The molecule has 0 fully saturated rings. The Bertz CT molecular complexity index is 528. The maximum Gasteiger partial charge on any atom is 0.165 e. The molecule has 0 atom stereocenters. The Morgan fingerprint density at radius 1 is 1.39 bits per heavy atom. The molecule has 2 N–H and O–H groups in total. The third kappa shape index (κ3) is 2.84. The van der Waals surface area contributed by atoms with E-state index in [1.54, 1.807) is 19.1 Å². The molecule has 0 aliphatic rings. The minimum absolute atomic E-state index is 0.127. The molecule has 0 bridgehead atoms. The quantitative estimate of drug-likeness (QED) is 0.873. The summed E-state index contributed by atoms with van der Waals surface area (Å²) < 4.78 is 23.5. The van der Waals surface area contributed by atoms with Crippen molar-refractivity contribution >= 4 is 0 Å². The molecule has 0 aliphatic carbocycles. The molecular weight excluding hydrogens is 237 g/mol. The number of hydrogen-bond donors (Lipinski definition) is 1. The number of ether oxygens (including phenoxy) is 1. The van der Waals surface area contributed by atoms with Gasteiger partial charge in [0.2, 0.25) is 0 Å². The van der Waals surface area contributed by atoms with Crippen molar-refractivity contribution < 1.29 is 13.8 Å². The Balaban J connectivity index is 2.03. The van der Waals surface area contributed by atoms with Crippen LogP contribution in [-0.2, 0) is 13.0 Å². The van der Waals surface area contributed by atoms with Crippen molar-refractivity contribution in [1.29, 1.82) is 0 Å². The Hall–Kier alpha value is -1.95. The first-order valence-electron chi connectivity index (χ1n) is 5.60. The summed E-state index contributed by atoms with van der Waals surface area (Å²) >= 11 is 0. The van der Waals surface area contributed by atoms with Gasteiger partial charge in [-0.25, -0.2) is 9.02 Å². The topological polar surface area (TPSA) is 74.2 Å². The van der Waals surface area contributed by atoms with Crippen LogP contribution in [0.5, 0.6) is 5.75 Å². The first-order valence-corrected chi connectivity index (χ1v) is 5.60. The van der Waals surface area contributed by atoms with Crippen LogP contribution in [0.4, 0.5) is 4.39 Å². The summed E-state index contributed by atoms with van der Waals surface area (Å²) in [5.41, 5.74) is 7.45. The standard InChI is InChI=1S/C12H14FN3O2/c1-8-11(16-18-15-8)7-17-12-3-2-9(4-5-14)6-10(12)13/h2-3,6H,4-5,7,14H2,1H3. The molecule has 0 saturated carbocycles. The highest BCUT2D eigenvalue weighted by atomic mass is 19.1. The average Bonchev–Trinajstić information content (AvgIpc) is 2.74. The first kappa shape index (κ1) is 12.5. The molecule has 0 spiro atoms. The fraction of sp³-hybridized carbons (Fsp3) is 0.333. The fourth-order valence-electron chi connectivity index (χ4n) is 1.51. The Morgan fingerprint density at radius 3 is 2.83 bits per heavy atom. The van der Waals surface area contributed by atoms with Gasteiger partial charge >= 0.3 is 0 Å². The van der Waals surface area contributed by atoms with Gasteiger partial charge in [0.1, 0.15) is 18.0 Å². The molecule has 6 heteroatoms. The molecule has 5 nitrogen and oxygen atoms in total. The van der Waals surface area contributed by atoms with E-state index in [-0.39, 0.29) is 12.4 Å². The summed E-state index contributed by atoms with van der Waals surface area (Å²) in [7, 11) is 0. The zero-order chi connectivity index (χ0) is 13.0. The molecule has 1 aromatic carbocycles. The van der Waals surface area contributed by atoms with E-state index in [9.17, 15) is 4.39 Å². The maximum absolute atomic E-state index is 13.7. The molecule has 1 aromatic heterocycles. The van der Waals surface area contributed by atoms with E-state index in [4.69, 9.17) is 10.5 Å². The highest BCUT2D eigenvalue weighted by Gasteiger charge is 2.09. The smallest absolute Gasteiger partial charge is 0.165 e. The zero-order valence-corrected chi connectivity index (χ0v) is 10.0. The molecule has 2 rings (SSSR count). The summed E-state index contributed by atoms with van der Waals surface area (Å²) in [6.07, 6.45) is 0.642. The number of benzene rings is 1. The monoisotopic (exact) mass is 251 g/mol.